The van der Waals surface area contributed by atoms with Crippen LogP contribution in [0, 0.1) is 0 Å². The Bertz CT molecular complexity index is 907. The number of carbonyl (C=O) groups excluding carboxylic acids is 1. The third-order valence-corrected chi connectivity index (χ3v) is 6.85. The molecule has 0 aromatic carbocycles. The SMILES string of the molecule is NC(=O)c1cn([C@@H]2O[C@H](COP(=O)([O-])OP(=O)([O-])OP(=O)([O-])O)[C@@H](O)[C@H]2O)nn1.[NH4+].[NH4+].[NH4+]. The highest BCUT2D eigenvalue weighted by Crippen LogP contribution is 2.61. The number of hydrogen-bond acceptors (Lipinski definition) is 15. The van der Waals surface area contributed by atoms with Gasteiger partial charge in [0.25, 0.3) is 29.4 Å². The zero-order chi connectivity index (χ0) is 22.2. The summed E-state index contributed by atoms with van der Waals surface area (Å²) in [4.78, 5) is 52.2. The summed E-state index contributed by atoms with van der Waals surface area (Å²) in [6.07, 6.45) is -5.57. The summed E-state index contributed by atoms with van der Waals surface area (Å²) < 4.78 is 49.5. The molecule has 3 unspecified atom stereocenters. The number of quaternary nitrogens is 3. The van der Waals surface area contributed by atoms with Crippen molar-refractivity contribution in [3.05, 3.63) is 11.9 Å². The fraction of sp³-hybridized carbons (Fsp3) is 0.625. The Balaban J connectivity index is 0. The molecule has 2 heterocycles. The fourth-order valence-electron chi connectivity index (χ4n) is 2.05. The van der Waals surface area contributed by atoms with Crippen LogP contribution in [0.5, 0.6) is 0 Å². The van der Waals surface area contributed by atoms with E-state index in [0.717, 1.165) is 10.9 Å². The minimum absolute atomic E-state index is 0. The molecule has 0 radical (unpaired) electrons. The van der Waals surface area contributed by atoms with Crippen LogP contribution in [0.2, 0.25) is 0 Å². The number of aromatic nitrogens is 3. The van der Waals surface area contributed by atoms with Gasteiger partial charge in [-0.2, -0.15) is 0 Å². The van der Waals surface area contributed by atoms with Gasteiger partial charge in [-0.3, -0.25) is 18.5 Å². The molecule has 0 spiro atoms. The van der Waals surface area contributed by atoms with Gasteiger partial charge in [-0.25, -0.2) is 13.3 Å². The first-order chi connectivity index (χ1) is 13.1. The van der Waals surface area contributed by atoms with Crippen LogP contribution in [0.1, 0.15) is 16.7 Å². The topological polar surface area (TPSA) is 401 Å². The number of ether oxygens (including phenoxy) is 1. The highest BCUT2D eigenvalue weighted by atomic mass is 31.3. The molecule has 17 N–H and O–H groups in total. The molecule has 1 amide bonds. The van der Waals surface area contributed by atoms with Gasteiger partial charge in [-0.1, -0.05) is 5.21 Å². The lowest BCUT2D eigenvalue weighted by Gasteiger charge is -2.33. The zero-order valence-corrected chi connectivity index (χ0v) is 19.4. The molecule has 0 saturated carbocycles. The highest BCUT2D eigenvalue weighted by molar-refractivity contribution is 7.65. The maximum absolute atomic E-state index is 11.5. The highest BCUT2D eigenvalue weighted by Gasteiger charge is 2.45. The van der Waals surface area contributed by atoms with E-state index in [-0.39, 0.29) is 24.1 Å². The van der Waals surface area contributed by atoms with E-state index in [1.807, 2.05) is 0 Å². The second-order valence-electron chi connectivity index (χ2n) is 5.32. The molecular weight excluding hydrogens is 511 g/mol. The first kappa shape index (κ1) is 33.0. The number of aliphatic hydroxyl groups is 2. The number of phosphoric ester groups is 1. The third-order valence-electron chi connectivity index (χ3n) is 3.16. The van der Waals surface area contributed by atoms with Gasteiger partial charge in [0, 0.05) is 0 Å². The molecule has 1 aromatic heterocycles. The predicted octanol–water partition coefficient (Wildman–Crippen LogP) is -3.43. The van der Waals surface area contributed by atoms with Crippen molar-refractivity contribution in [2.45, 2.75) is 24.5 Å². The number of phosphoric acid groups is 3. The molecule has 0 bridgehead atoms. The van der Waals surface area contributed by atoms with Crippen molar-refractivity contribution in [1.82, 2.24) is 33.4 Å². The van der Waals surface area contributed by atoms with Gasteiger partial charge in [0.15, 0.2) is 11.9 Å². The smallest absolute Gasteiger partial charge is 0.280 e. The molecular formula is C8H24N7O14P3. The molecule has 190 valence electrons. The summed E-state index contributed by atoms with van der Waals surface area (Å²) in [7, 11) is -17.8. The summed E-state index contributed by atoms with van der Waals surface area (Å²) in [5.41, 5.74) is 4.67. The van der Waals surface area contributed by atoms with E-state index in [4.69, 9.17) is 15.4 Å². The maximum atomic E-state index is 11.5. The average molecular weight is 535 g/mol. The molecule has 21 nitrogen and oxygen atoms in total. The molecule has 0 aliphatic carbocycles. The van der Waals surface area contributed by atoms with Crippen LogP contribution >= 0.6 is 23.5 Å². The normalized spacial score (nSPS) is 28.1. The van der Waals surface area contributed by atoms with Crippen molar-refractivity contribution in [3.8, 4) is 0 Å². The minimum atomic E-state index is -6.09. The van der Waals surface area contributed by atoms with E-state index >= 15 is 0 Å². The van der Waals surface area contributed by atoms with Gasteiger partial charge >= 0.3 is 0 Å². The van der Waals surface area contributed by atoms with Gasteiger partial charge < -0.3 is 63.2 Å². The fourth-order valence-corrected chi connectivity index (χ4v) is 4.95. The van der Waals surface area contributed by atoms with E-state index in [0.29, 0.717) is 0 Å². The third kappa shape index (κ3) is 8.96. The van der Waals surface area contributed by atoms with Crippen LogP contribution in [0.4, 0.5) is 0 Å². The Kier molecular flexibility index (Phi) is 12.1. The standard InChI is InChI=1S/C8H15N4O14P3.3H3N/c9-7(15)3-1-12(11-10-3)8-6(14)5(13)4(24-8)2-23-28(19,20)26-29(21,22)25-27(16,17)18;;;/h1,4-6,8,13-14H,2H2,(H2,9,15)(H,19,20)(H,21,22)(H2,16,17,18);3*1H3/t4-,5-,6-,8-;;;/m1.../s1. The Morgan fingerprint density at radius 1 is 1.12 bits per heavy atom. The average Bonchev–Trinajstić information content (AvgIpc) is 3.09. The maximum Gasteiger partial charge on any atom is 0.280 e. The predicted molar refractivity (Wildman–Crippen MR) is 95.6 cm³/mol. The van der Waals surface area contributed by atoms with Gasteiger partial charge in [0.05, 0.1) is 12.8 Å². The van der Waals surface area contributed by atoms with E-state index < -0.39 is 60.5 Å². The number of nitrogens with two attached hydrogens (primary N) is 1. The number of amides is 1. The van der Waals surface area contributed by atoms with Crippen LogP contribution in [-0.2, 0) is 31.6 Å². The van der Waals surface area contributed by atoms with E-state index in [2.05, 4.69) is 23.5 Å². The first-order valence-electron chi connectivity index (χ1n) is 7.06. The van der Waals surface area contributed by atoms with E-state index in [1.165, 1.54) is 0 Å². The van der Waals surface area contributed by atoms with E-state index in [9.17, 15) is 43.4 Å². The monoisotopic (exact) mass is 535 g/mol. The van der Waals surface area contributed by atoms with Crippen LogP contribution in [0.15, 0.2) is 6.20 Å². The zero-order valence-electron chi connectivity index (χ0n) is 16.7. The van der Waals surface area contributed by atoms with Crippen LogP contribution < -0.4 is 38.9 Å². The Labute approximate surface area is 178 Å². The number of rotatable bonds is 9. The van der Waals surface area contributed by atoms with Crippen LogP contribution in [-0.4, -0.2) is 60.9 Å². The summed E-state index contributed by atoms with van der Waals surface area (Å²) in [5, 5.41) is 26.7. The molecule has 24 heteroatoms. The quantitative estimate of drug-likeness (QED) is 0.151. The van der Waals surface area contributed by atoms with Crippen molar-refractivity contribution in [2.75, 3.05) is 6.61 Å². The largest absolute Gasteiger partial charge is 0.756 e. The lowest BCUT2D eigenvalue weighted by molar-refractivity contribution is -0.250. The lowest BCUT2D eigenvalue weighted by Crippen LogP contribution is -2.34. The van der Waals surface area contributed by atoms with Gasteiger partial charge in [-0.05, 0) is 0 Å². The summed E-state index contributed by atoms with van der Waals surface area (Å²) in [5.74, 6) is -0.955. The van der Waals surface area contributed by atoms with Crippen LogP contribution in [0.3, 0.4) is 0 Å². The summed E-state index contributed by atoms with van der Waals surface area (Å²) in [6, 6.07) is 0. The Morgan fingerprint density at radius 2 is 1.69 bits per heavy atom. The molecule has 2 rings (SSSR count). The van der Waals surface area contributed by atoms with Crippen LogP contribution in [0.25, 0.3) is 0 Å². The molecule has 1 fully saturated rings. The Morgan fingerprint density at radius 3 is 2.16 bits per heavy atom. The number of aliphatic hydroxyl groups excluding tert-OH is 2. The molecule has 32 heavy (non-hydrogen) atoms. The Hall–Kier alpha value is -1.22. The second-order valence-corrected chi connectivity index (χ2v) is 9.61. The summed E-state index contributed by atoms with van der Waals surface area (Å²) >= 11 is 0. The van der Waals surface area contributed by atoms with E-state index in [1.54, 1.807) is 0 Å². The van der Waals surface area contributed by atoms with Crippen molar-refractivity contribution < 1.29 is 66.2 Å². The van der Waals surface area contributed by atoms with Crippen molar-refractivity contribution in [2.24, 2.45) is 5.73 Å². The second kappa shape index (κ2) is 11.8. The molecule has 1 aromatic rings. The number of hydrogen-bond donors (Lipinski definition) is 7. The molecule has 1 aliphatic heterocycles. The minimum Gasteiger partial charge on any atom is -0.756 e. The van der Waals surface area contributed by atoms with Crippen molar-refractivity contribution in [3.63, 3.8) is 0 Å². The summed E-state index contributed by atoms with van der Waals surface area (Å²) in [6.45, 7) is -1.11. The van der Waals surface area contributed by atoms with Gasteiger partial charge in [0.2, 0.25) is 0 Å². The number of primary amides is 1. The van der Waals surface area contributed by atoms with Gasteiger partial charge in [-0.15, -0.1) is 5.10 Å². The lowest BCUT2D eigenvalue weighted by atomic mass is 10.1. The van der Waals surface area contributed by atoms with Gasteiger partial charge in [0.1, 0.15) is 18.3 Å². The van der Waals surface area contributed by atoms with Crippen molar-refractivity contribution in [1.29, 1.82) is 0 Å². The molecule has 1 aliphatic rings. The number of nitrogens with zero attached hydrogens (tertiary/aromatic N) is 3. The molecule has 1 saturated heterocycles. The first-order valence-corrected chi connectivity index (χ1v) is 11.5. The van der Waals surface area contributed by atoms with Crippen molar-refractivity contribution >= 4 is 29.4 Å². The number of carbonyl (C=O) groups is 1. The molecule has 7 atom stereocenters.